The number of amides is 1. The fraction of sp³-hybridized carbons (Fsp3) is 0.316. The summed E-state index contributed by atoms with van der Waals surface area (Å²) in [7, 11) is 1.64. The van der Waals surface area contributed by atoms with Crippen LogP contribution in [-0.4, -0.2) is 29.4 Å². The van der Waals surface area contributed by atoms with Crippen LogP contribution in [0.25, 0.3) is 0 Å². The van der Waals surface area contributed by atoms with Gasteiger partial charge in [0.2, 0.25) is 5.91 Å². The van der Waals surface area contributed by atoms with Gasteiger partial charge < -0.3 is 9.64 Å². The molecule has 2 aromatic rings. The molecule has 0 spiro atoms. The number of rotatable bonds is 5. The molecule has 1 unspecified atom stereocenters. The van der Waals surface area contributed by atoms with Gasteiger partial charge in [-0.15, -0.1) is 0 Å². The third-order valence-corrected chi connectivity index (χ3v) is 4.57. The van der Waals surface area contributed by atoms with E-state index in [1.165, 1.54) is 12.1 Å². The van der Waals surface area contributed by atoms with Gasteiger partial charge in [0.05, 0.1) is 24.5 Å². The van der Waals surface area contributed by atoms with E-state index in [-0.39, 0.29) is 24.1 Å². The van der Waals surface area contributed by atoms with Crippen LogP contribution < -0.4 is 4.74 Å². The summed E-state index contributed by atoms with van der Waals surface area (Å²) in [4.78, 5) is 24.9. The molecule has 0 bridgehead atoms. The third kappa shape index (κ3) is 3.63. The van der Waals surface area contributed by atoms with Crippen molar-refractivity contribution in [3.8, 4) is 5.75 Å². The minimum absolute atomic E-state index is 0.0155. The van der Waals surface area contributed by atoms with Crippen molar-refractivity contribution in [1.82, 2.24) is 4.90 Å². The van der Waals surface area contributed by atoms with Crippen molar-refractivity contribution in [2.24, 2.45) is 0 Å². The number of nitrogens with zero attached hydrogens (tertiary/aromatic N) is 2. The molecule has 130 valence electrons. The van der Waals surface area contributed by atoms with Crippen molar-refractivity contribution in [3.05, 3.63) is 69.8 Å². The maximum atomic E-state index is 12.8. The van der Waals surface area contributed by atoms with Crippen LogP contribution in [-0.2, 0) is 11.2 Å². The van der Waals surface area contributed by atoms with Gasteiger partial charge in [-0.25, -0.2) is 0 Å². The Kier molecular flexibility index (Phi) is 4.97. The van der Waals surface area contributed by atoms with Crippen molar-refractivity contribution in [1.29, 1.82) is 0 Å². The molecule has 25 heavy (non-hydrogen) atoms. The lowest BCUT2D eigenvalue weighted by Crippen LogP contribution is -2.32. The number of nitro benzene ring substituents is 1. The van der Waals surface area contributed by atoms with E-state index >= 15 is 0 Å². The fourth-order valence-electron chi connectivity index (χ4n) is 3.34. The Labute approximate surface area is 146 Å². The highest BCUT2D eigenvalue weighted by molar-refractivity contribution is 5.79. The molecule has 2 aromatic carbocycles. The summed E-state index contributed by atoms with van der Waals surface area (Å²) in [6, 6.07) is 14.0. The van der Waals surface area contributed by atoms with Crippen molar-refractivity contribution in [2.45, 2.75) is 25.3 Å². The number of methoxy groups -OCH3 is 1. The molecule has 6 nitrogen and oxygen atoms in total. The smallest absolute Gasteiger partial charge is 0.269 e. The summed E-state index contributed by atoms with van der Waals surface area (Å²) in [6.07, 6.45) is 2.10. The molecule has 1 heterocycles. The number of non-ortho nitro benzene ring substituents is 1. The molecule has 0 aliphatic carbocycles. The summed E-state index contributed by atoms with van der Waals surface area (Å²) >= 11 is 0. The average molecular weight is 340 g/mol. The van der Waals surface area contributed by atoms with Crippen LogP contribution in [0.5, 0.6) is 5.75 Å². The largest absolute Gasteiger partial charge is 0.496 e. The van der Waals surface area contributed by atoms with E-state index in [2.05, 4.69) is 0 Å². The zero-order valence-electron chi connectivity index (χ0n) is 14.1. The summed E-state index contributed by atoms with van der Waals surface area (Å²) < 4.78 is 5.44. The van der Waals surface area contributed by atoms with Gasteiger partial charge in [-0.2, -0.15) is 0 Å². The Morgan fingerprint density at radius 1 is 1.24 bits per heavy atom. The molecule has 0 saturated carbocycles. The van der Waals surface area contributed by atoms with Gasteiger partial charge in [-0.05, 0) is 24.5 Å². The zero-order chi connectivity index (χ0) is 17.8. The molecule has 6 heteroatoms. The van der Waals surface area contributed by atoms with E-state index in [0.717, 1.165) is 29.7 Å². The lowest BCUT2D eigenvalue weighted by atomic mass is 10.0. The highest BCUT2D eigenvalue weighted by Gasteiger charge is 2.31. The van der Waals surface area contributed by atoms with E-state index in [4.69, 9.17) is 4.74 Å². The van der Waals surface area contributed by atoms with Gasteiger partial charge in [0, 0.05) is 24.2 Å². The SMILES string of the molecule is COc1ccccc1C1CCCN1C(=O)Cc1ccc([N+](=O)[O-])cc1. The maximum absolute atomic E-state index is 12.8. The number of carbonyl (C=O) groups excluding carboxylic acids is 1. The van der Waals surface area contributed by atoms with Crippen LogP contribution in [0.2, 0.25) is 0 Å². The van der Waals surface area contributed by atoms with Gasteiger partial charge >= 0.3 is 0 Å². The first-order chi connectivity index (χ1) is 12.1. The van der Waals surface area contributed by atoms with Crippen molar-refractivity contribution in [2.75, 3.05) is 13.7 Å². The maximum Gasteiger partial charge on any atom is 0.269 e. The number of para-hydroxylation sites is 1. The van der Waals surface area contributed by atoms with E-state index in [9.17, 15) is 14.9 Å². The molecular formula is C19H20N2O4. The number of likely N-dealkylation sites (tertiary alicyclic amines) is 1. The van der Waals surface area contributed by atoms with Crippen LogP contribution in [0.3, 0.4) is 0 Å². The predicted octanol–water partition coefficient (Wildman–Crippen LogP) is 3.51. The Morgan fingerprint density at radius 2 is 1.96 bits per heavy atom. The molecule has 3 rings (SSSR count). The molecule has 0 aromatic heterocycles. The summed E-state index contributed by atoms with van der Waals surface area (Å²) in [5, 5.41) is 10.7. The Balaban J connectivity index is 1.75. The first-order valence-corrected chi connectivity index (χ1v) is 8.26. The van der Waals surface area contributed by atoms with Crippen LogP contribution in [0.4, 0.5) is 5.69 Å². The standard InChI is InChI=1S/C19H20N2O4/c1-25-18-7-3-2-5-16(18)17-6-4-12-20(17)19(22)13-14-8-10-15(11-9-14)21(23)24/h2-3,5,7-11,17H,4,6,12-13H2,1H3. The topological polar surface area (TPSA) is 72.7 Å². The van der Waals surface area contributed by atoms with Crippen LogP contribution in [0.15, 0.2) is 48.5 Å². The van der Waals surface area contributed by atoms with Gasteiger partial charge in [-0.1, -0.05) is 30.3 Å². The molecule has 1 aliphatic heterocycles. The molecule has 1 fully saturated rings. The number of benzene rings is 2. The highest BCUT2D eigenvalue weighted by atomic mass is 16.6. The number of carbonyl (C=O) groups is 1. The van der Waals surface area contributed by atoms with E-state index in [0.29, 0.717) is 6.54 Å². The minimum Gasteiger partial charge on any atom is -0.496 e. The number of hydrogen-bond acceptors (Lipinski definition) is 4. The summed E-state index contributed by atoms with van der Waals surface area (Å²) in [6.45, 7) is 0.717. The molecule has 0 N–H and O–H groups in total. The van der Waals surface area contributed by atoms with Gasteiger partial charge in [0.15, 0.2) is 0 Å². The van der Waals surface area contributed by atoms with Gasteiger partial charge in [-0.3, -0.25) is 14.9 Å². The van der Waals surface area contributed by atoms with E-state index in [1.54, 1.807) is 19.2 Å². The molecular weight excluding hydrogens is 320 g/mol. The molecule has 0 radical (unpaired) electrons. The zero-order valence-corrected chi connectivity index (χ0v) is 14.1. The molecule has 1 aliphatic rings. The number of nitro groups is 1. The lowest BCUT2D eigenvalue weighted by molar-refractivity contribution is -0.384. The number of hydrogen-bond donors (Lipinski definition) is 0. The minimum atomic E-state index is -0.441. The van der Waals surface area contributed by atoms with Gasteiger partial charge in [0.1, 0.15) is 5.75 Å². The molecule has 1 amide bonds. The third-order valence-electron chi connectivity index (χ3n) is 4.57. The number of ether oxygens (including phenoxy) is 1. The van der Waals surface area contributed by atoms with Crippen LogP contribution >= 0.6 is 0 Å². The molecule has 1 saturated heterocycles. The predicted molar refractivity (Wildman–Crippen MR) is 93.5 cm³/mol. The van der Waals surface area contributed by atoms with E-state index < -0.39 is 4.92 Å². The average Bonchev–Trinajstić information content (AvgIpc) is 3.11. The first-order valence-electron chi connectivity index (χ1n) is 8.26. The Hall–Kier alpha value is -2.89. The monoisotopic (exact) mass is 340 g/mol. The van der Waals surface area contributed by atoms with Crippen molar-refractivity contribution < 1.29 is 14.5 Å². The second-order valence-corrected chi connectivity index (χ2v) is 6.09. The quantitative estimate of drug-likeness (QED) is 0.617. The summed E-state index contributed by atoms with van der Waals surface area (Å²) in [5.41, 5.74) is 1.84. The van der Waals surface area contributed by atoms with Crippen LogP contribution in [0.1, 0.15) is 30.0 Å². The Morgan fingerprint density at radius 3 is 2.64 bits per heavy atom. The second kappa shape index (κ2) is 7.34. The second-order valence-electron chi connectivity index (χ2n) is 6.09. The Bertz CT molecular complexity index is 773. The normalized spacial score (nSPS) is 16.7. The first kappa shape index (κ1) is 17.0. The highest BCUT2D eigenvalue weighted by Crippen LogP contribution is 2.37. The lowest BCUT2D eigenvalue weighted by Gasteiger charge is -2.26. The van der Waals surface area contributed by atoms with Crippen molar-refractivity contribution >= 4 is 11.6 Å². The van der Waals surface area contributed by atoms with Crippen molar-refractivity contribution in [3.63, 3.8) is 0 Å². The fourth-order valence-corrected chi connectivity index (χ4v) is 3.34. The summed E-state index contributed by atoms with van der Waals surface area (Å²) in [5.74, 6) is 0.824. The van der Waals surface area contributed by atoms with Gasteiger partial charge in [0.25, 0.3) is 5.69 Å². The van der Waals surface area contributed by atoms with E-state index in [1.807, 2.05) is 29.2 Å². The van der Waals surface area contributed by atoms with Crippen LogP contribution in [0, 0.1) is 10.1 Å². The molecule has 1 atom stereocenters.